The molecule has 1 atom stereocenters. The monoisotopic (exact) mass is 275 g/mol. The average molecular weight is 275 g/mol. The van der Waals surface area contributed by atoms with Gasteiger partial charge in [-0.1, -0.05) is 0 Å². The minimum absolute atomic E-state index is 0.0128. The number of H-pyrrole nitrogens is 1. The van der Waals surface area contributed by atoms with Gasteiger partial charge in [-0.25, -0.2) is 0 Å². The fourth-order valence-electron chi connectivity index (χ4n) is 2.21. The molecule has 0 aliphatic rings. The van der Waals surface area contributed by atoms with Crippen LogP contribution in [-0.2, 0) is 6.54 Å². The topological polar surface area (TPSA) is 70.2 Å². The fraction of sp³-hybridized carbons (Fsp3) is 0.400. The first-order valence-electron chi connectivity index (χ1n) is 6.63. The summed E-state index contributed by atoms with van der Waals surface area (Å²) in [7, 11) is 1.62. The molecular formula is C15H21N3O2. The number of aromatic amines is 1. The zero-order chi connectivity index (χ0) is 14.7. The maximum absolute atomic E-state index is 9.95. The number of hydrogen-bond acceptors (Lipinski definition) is 4. The molecule has 1 aromatic carbocycles. The van der Waals surface area contributed by atoms with Crippen LogP contribution in [0.2, 0.25) is 0 Å². The van der Waals surface area contributed by atoms with Gasteiger partial charge in [-0.05, 0) is 39.0 Å². The summed E-state index contributed by atoms with van der Waals surface area (Å²) in [5.41, 5.74) is 4.05. The highest BCUT2D eigenvalue weighted by atomic mass is 16.5. The lowest BCUT2D eigenvalue weighted by Crippen LogP contribution is -2.19. The maximum atomic E-state index is 9.95. The van der Waals surface area contributed by atoms with Crippen LogP contribution in [0.5, 0.6) is 11.5 Å². The smallest absolute Gasteiger partial charge is 0.120 e. The summed E-state index contributed by atoms with van der Waals surface area (Å²) in [6, 6.07) is 5.26. The SMILES string of the molecule is COc1ccc(O)c([C@H](C)NCc2c(C)n[nH]c2C)c1. The van der Waals surface area contributed by atoms with Crippen LogP contribution >= 0.6 is 0 Å². The van der Waals surface area contributed by atoms with Crippen LogP contribution in [0.25, 0.3) is 0 Å². The Kier molecular flexibility index (Phi) is 4.29. The molecule has 0 aliphatic carbocycles. The maximum Gasteiger partial charge on any atom is 0.120 e. The second-order valence-electron chi connectivity index (χ2n) is 4.94. The molecule has 2 rings (SSSR count). The second kappa shape index (κ2) is 5.96. The summed E-state index contributed by atoms with van der Waals surface area (Å²) in [6.07, 6.45) is 0. The summed E-state index contributed by atoms with van der Waals surface area (Å²) in [4.78, 5) is 0. The van der Waals surface area contributed by atoms with Crippen LogP contribution in [0.3, 0.4) is 0 Å². The van der Waals surface area contributed by atoms with Gasteiger partial charge in [-0.15, -0.1) is 0 Å². The van der Waals surface area contributed by atoms with Crippen molar-refractivity contribution < 1.29 is 9.84 Å². The van der Waals surface area contributed by atoms with Crippen molar-refractivity contribution in [1.82, 2.24) is 15.5 Å². The molecule has 108 valence electrons. The van der Waals surface area contributed by atoms with E-state index in [0.717, 1.165) is 22.7 Å². The lowest BCUT2D eigenvalue weighted by atomic mass is 10.1. The zero-order valence-electron chi connectivity index (χ0n) is 12.3. The van der Waals surface area contributed by atoms with E-state index in [1.165, 1.54) is 5.56 Å². The lowest BCUT2D eigenvalue weighted by Gasteiger charge is -2.16. The Morgan fingerprint density at radius 3 is 2.75 bits per heavy atom. The van der Waals surface area contributed by atoms with E-state index in [9.17, 15) is 5.11 Å². The number of nitrogens with zero attached hydrogens (tertiary/aromatic N) is 1. The summed E-state index contributed by atoms with van der Waals surface area (Å²) >= 11 is 0. The normalized spacial score (nSPS) is 12.4. The molecule has 0 aliphatic heterocycles. The van der Waals surface area contributed by atoms with Crippen LogP contribution in [0.4, 0.5) is 0 Å². The highest BCUT2D eigenvalue weighted by Crippen LogP contribution is 2.28. The number of nitrogens with one attached hydrogen (secondary N) is 2. The molecule has 0 fully saturated rings. The van der Waals surface area contributed by atoms with Gasteiger partial charge in [-0.3, -0.25) is 5.10 Å². The van der Waals surface area contributed by atoms with Crippen LogP contribution in [-0.4, -0.2) is 22.4 Å². The van der Waals surface area contributed by atoms with Gasteiger partial charge in [0, 0.05) is 29.4 Å². The van der Waals surface area contributed by atoms with E-state index in [1.54, 1.807) is 19.2 Å². The Balaban J connectivity index is 2.10. The van der Waals surface area contributed by atoms with Crippen LogP contribution in [0.15, 0.2) is 18.2 Å². The summed E-state index contributed by atoms with van der Waals surface area (Å²) in [6.45, 7) is 6.70. The van der Waals surface area contributed by atoms with Gasteiger partial charge >= 0.3 is 0 Å². The van der Waals surface area contributed by atoms with E-state index in [1.807, 2.05) is 26.8 Å². The third-order valence-corrected chi connectivity index (χ3v) is 3.57. The predicted octanol–water partition coefficient (Wildman–Crippen LogP) is 2.59. The molecule has 5 heteroatoms. The molecule has 3 N–H and O–H groups in total. The highest BCUT2D eigenvalue weighted by molar-refractivity contribution is 5.41. The number of aromatic nitrogens is 2. The van der Waals surface area contributed by atoms with Gasteiger partial charge in [0.1, 0.15) is 11.5 Å². The second-order valence-corrected chi connectivity index (χ2v) is 4.94. The Labute approximate surface area is 119 Å². The molecule has 0 unspecified atom stereocenters. The van der Waals surface area contributed by atoms with Gasteiger partial charge in [-0.2, -0.15) is 5.10 Å². The molecule has 0 radical (unpaired) electrons. The van der Waals surface area contributed by atoms with Crippen molar-refractivity contribution in [3.05, 3.63) is 40.7 Å². The summed E-state index contributed by atoms with van der Waals surface area (Å²) in [5, 5.41) is 20.5. The van der Waals surface area contributed by atoms with Crippen LogP contribution in [0, 0.1) is 13.8 Å². The lowest BCUT2D eigenvalue weighted by molar-refractivity contribution is 0.407. The standard InChI is InChI=1S/C15H21N3O2/c1-9(13-7-12(20-4)5-6-15(13)19)16-8-14-10(2)17-18-11(14)3/h5-7,9,16,19H,8H2,1-4H3,(H,17,18)/t9-/m0/s1. The molecule has 20 heavy (non-hydrogen) atoms. The van der Waals surface area contributed by atoms with E-state index < -0.39 is 0 Å². The van der Waals surface area contributed by atoms with Gasteiger partial charge in [0.15, 0.2) is 0 Å². The largest absolute Gasteiger partial charge is 0.508 e. The predicted molar refractivity (Wildman–Crippen MR) is 78.0 cm³/mol. The summed E-state index contributed by atoms with van der Waals surface area (Å²) in [5.74, 6) is 1.01. The number of phenolic OH excluding ortho intramolecular Hbond substituents is 1. The Morgan fingerprint density at radius 1 is 1.40 bits per heavy atom. The molecule has 0 bridgehead atoms. The number of aromatic hydroxyl groups is 1. The molecule has 0 amide bonds. The quantitative estimate of drug-likeness (QED) is 0.784. The molecular weight excluding hydrogens is 254 g/mol. The average Bonchev–Trinajstić information content (AvgIpc) is 2.76. The minimum Gasteiger partial charge on any atom is -0.508 e. The van der Waals surface area contributed by atoms with E-state index >= 15 is 0 Å². The minimum atomic E-state index is 0.0128. The van der Waals surface area contributed by atoms with E-state index in [2.05, 4.69) is 15.5 Å². The number of rotatable bonds is 5. The number of phenols is 1. The summed E-state index contributed by atoms with van der Waals surface area (Å²) < 4.78 is 5.19. The van der Waals surface area contributed by atoms with E-state index in [4.69, 9.17) is 4.74 Å². The fourth-order valence-corrected chi connectivity index (χ4v) is 2.21. The van der Waals surface area contributed by atoms with Crippen molar-refractivity contribution in [2.24, 2.45) is 0 Å². The first kappa shape index (κ1) is 14.4. The van der Waals surface area contributed by atoms with Gasteiger partial charge in [0.2, 0.25) is 0 Å². The van der Waals surface area contributed by atoms with Crippen molar-refractivity contribution in [3.8, 4) is 11.5 Å². The number of ether oxygens (including phenoxy) is 1. The number of aryl methyl sites for hydroxylation is 2. The molecule has 0 spiro atoms. The third-order valence-electron chi connectivity index (χ3n) is 3.57. The number of benzene rings is 1. The van der Waals surface area contributed by atoms with Gasteiger partial charge < -0.3 is 15.2 Å². The Morgan fingerprint density at radius 2 is 2.15 bits per heavy atom. The molecule has 5 nitrogen and oxygen atoms in total. The van der Waals surface area contributed by atoms with Crippen molar-refractivity contribution in [3.63, 3.8) is 0 Å². The van der Waals surface area contributed by atoms with Gasteiger partial charge in [0.05, 0.1) is 12.8 Å². The third kappa shape index (κ3) is 2.93. The number of hydrogen-bond donors (Lipinski definition) is 3. The molecule has 0 saturated carbocycles. The number of methoxy groups -OCH3 is 1. The molecule has 1 heterocycles. The van der Waals surface area contributed by atoms with E-state index in [0.29, 0.717) is 6.54 Å². The Bertz CT molecular complexity index is 573. The Hall–Kier alpha value is -2.01. The van der Waals surface area contributed by atoms with Crippen molar-refractivity contribution in [2.75, 3.05) is 7.11 Å². The van der Waals surface area contributed by atoms with Crippen molar-refractivity contribution in [2.45, 2.75) is 33.4 Å². The highest BCUT2D eigenvalue weighted by Gasteiger charge is 2.13. The first-order chi connectivity index (χ1) is 9.52. The van der Waals surface area contributed by atoms with E-state index in [-0.39, 0.29) is 11.8 Å². The zero-order valence-corrected chi connectivity index (χ0v) is 12.3. The molecule has 2 aromatic rings. The van der Waals surface area contributed by atoms with Gasteiger partial charge in [0.25, 0.3) is 0 Å². The van der Waals surface area contributed by atoms with Crippen molar-refractivity contribution >= 4 is 0 Å². The first-order valence-corrected chi connectivity index (χ1v) is 6.63. The van der Waals surface area contributed by atoms with Crippen LogP contribution < -0.4 is 10.1 Å². The van der Waals surface area contributed by atoms with Crippen LogP contribution in [0.1, 0.15) is 35.5 Å². The molecule has 1 aromatic heterocycles. The molecule has 0 saturated heterocycles. The van der Waals surface area contributed by atoms with Crippen molar-refractivity contribution in [1.29, 1.82) is 0 Å².